The summed E-state index contributed by atoms with van der Waals surface area (Å²) in [5.41, 5.74) is 0.630. The average molecular weight is 378 g/mol. The molecule has 2 aliphatic heterocycles. The van der Waals surface area contributed by atoms with Gasteiger partial charge >= 0.3 is 0 Å². The first-order valence-corrected chi connectivity index (χ1v) is 10.2. The lowest BCUT2D eigenvalue weighted by atomic mass is 10.1. The van der Waals surface area contributed by atoms with Crippen LogP contribution in [-0.2, 0) is 4.74 Å². The summed E-state index contributed by atoms with van der Waals surface area (Å²) in [6, 6.07) is 17.6. The van der Waals surface area contributed by atoms with Crippen molar-refractivity contribution in [1.82, 2.24) is 10.2 Å². The van der Waals surface area contributed by atoms with E-state index in [4.69, 9.17) is 9.47 Å². The van der Waals surface area contributed by atoms with Gasteiger partial charge in [-0.25, -0.2) is 0 Å². The molecule has 5 nitrogen and oxygen atoms in total. The Labute approximate surface area is 165 Å². The molecule has 2 saturated heterocycles. The first-order chi connectivity index (χ1) is 13.7. The number of nitrogens with one attached hydrogen (secondary N) is 1. The lowest BCUT2D eigenvalue weighted by molar-refractivity contribution is -0.0581. The molecule has 1 amide bonds. The zero-order chi connectivity index (χ0) is 18.9. The van der Waals surface area contributed by atoms with Gasteiger partial charge in [0.15, 0.2) is 0 Å². The standard InChI is InChI=1S/C23H26N2O3/c26-23(17-5-4-8-21(11-17)28-20-6-2-1-3-7-20)24-18-12-19-15-27-22(16-9-10-16)14-25(19)13-18/h1-8,11,16,18-19,22H,9-10,12-15H2,(H,24,26)/t18-,19-,22+/m0/s1. The summed E-state index contributed by atoms with van der Waals surface area (Å²) < 4.78 is 11.9. The first-order valence-electron chi connectivity index (χ1n) is 10.2. The fourth-order valence-corrected chi connectivity index (χ4v) is 4.35. The Morgan fingerprint density at radius 3 is 2.68 bits per heavy atom. The molecular formula is C23H26N2O3. The molecule has 0 aromatic heterocycles. The molecule has 28 heavy (non-hydrogen) atoms. The van der Waals surface area contributed by atoms with Gasteiger partial charge in [-0.05, 0) is 55.5 Å². The van der Waals surface area contributed by atoms with E-state index in [0.717, 1.165) is 37.8 Å². The zero-order valence-electron chi connectivity index (χ0n) is 15.9. The van der Waals surface area contributed by atoms with Crippen LogP contribution in [0, 0.1) is 5.92 Å². The molecule has 2 heterocycles. The number of para-hydroxylation sites is 1. The Morgan fingerprint density at radius 1 is 1.04 bits per heavy atom. The van der Waals surface area contributed by atoms with Crippen LogP contribution in [0.5, 0.6) is 11.5 Å². The highest BCUT2D eigenvalue weighted by atomic mass is 16.5. The lowest BCUT2D eigenvalue weighted by Crippen LogP contribution is -2.47. The van der Waals surface area contributed by atoms with E-state index in [9.17, 15) is 4.79 Å². The summed E-state index contributed by atoms with van der Waals surface area (Å²) in [4.78, 5) is 15.3. The summed E-state index contributed by atoms with van der Waals surface area (Å²) >= 11 is 0. The number of nitrogens with zero attached hydrogens (tertiary/aromatic N) is 1. The first kappa shape index (κ1) is 17.7. The third-order valence-corrected chi connectivity index (χ3v) is 6.00. The van der Waals surface area contributed by atoms with Gasteiger partial charge in [-0.15, -0.1) is 0 Å². The number of fused-ring (bicyclic) bond motifs is 1. The van der Waals surface area contributed by atoms with E-state index in [-0.39, 0.29) is 11.9 Å². The summed E-state index contributed by atoms with van der Waals surface area (Å²) in [5, 5.41) is 3.21. The molecule has 2 aromatic rings. The maximum absolute atomic E-state index is 12.8. The van der Waals surface area contributed by atoms with E-state index in [0.29, 0.717) is 23.5 Å². The van der Waals surface area contributed by atoms with Crippen LogP contribution in [0.2, 0.25) is 0 Å². The minimum Gasteiger partial charge on any atom is -0.457 e. The van der Waals surface area contributed by atoms with Gasteiger partial charge in [-0.3, -0.25) is 9.69 Å². The van der Waals surface area contributed by atoms with Crippen LogP contribution in [0.15, 0.2) is 54.6 Å². The molecule has 146 valence electrons. The monoisotopic (exact) mass is 378 g/mol. The number of rotatable bonds is 5. The van der Waals surface area contributed by atoms with Gasteiger partial charge < -0.3 is 14.8 Å². The number of hydrogen-bond donors (Lipinski definition) is 1. The summed E-state index contributed by atoms with van der Waals surface area (Å²) in [6.45, 7) is 2.74. The largest absolute Gasteiger partial charge is 0.457 e. The molecule has 3 fully saturated rings. The summed E-state index contributed by atoms with van der Waals surface area (Å²) in [5.74, 6) is 2.16. The highest BCUT2D eigenvalue weighted by Gasteiger charge is 2.42. The van der Waals surface area contributed by atoms with Crippen LogP contribution in [0.25, 0.3) is 0 Å². The zero-order valence-corrected chi connectivity index (χ0v) is 15.9. The number of benzene rings is 2. The van der Waals surface area contributed by atoms with E-state index >= 15 is 0 Å². The van der Waals surface area contributed by atoms with Crippen LogP contribution in [0.4, 0.5) is 0 Å². The second kappa shape index (κ2) is 7.57. The van der Waals surface area contributed by atoms with Crippen molar-refractivity contribution in [2.75, 3.05) is 19.7 Å². The smallest absolute Gasteiger partial charge is 0.251 e. The van der Waals surface area contributed by atoms with Crippen molar-refractivity contribution in [3.05, 3.63) is 60.2 Å². The summed E-state index contributed by atoms with van der Waals surface area (Å²) in [7, 11) is 0. The van der Waals surface area contributed by atoms with Gasteiger partial charge in [0.25, 0.3) is 5.91 Å². The highest BCUT2D eigenvalue weighted by Crippen LogP contribution is 2.37. The van der Waals surface area contributed by atoms with Crippen molar-refractivity contribution in [2.45, 2.75) is 37.5 Å². The van der Waals surface area contributed by atoms with Crippen LogP contribution < -0.4 is 10.1 Å². The SMILES string of the molecule is O=C(N[C@H]1C[C@H]2CO[C@@H](C3CC3)CN2C1)c1cccc(Oc2ccccc2)c1. The van der Waals surface area contributed by atoms with Gasteiger partial charge in [-0.2, -0.15) is 0 Å². The average Bonchev–Trinajstić information content (AvgIpc) is 3.49. The van der Waals surface area contributed by atoms with E-state index < -0.39 is 0 Å². The number of carbonyl (C=O) groups excluding carboxylic acids is 1. The second-order valence-corrected chi connectivity index (χ2v) is 8.17. The second-order valence-electron chi connectivity index (χ2n) is 8.17. The van der Waals surface area contributed by atoms with Gasteiger partial charge in [0.1, 0.15) is 11.5 Å². The molecule has 1 saturated carbocycles. The maximum atomic E-state index is 12.8. The van der Waals surface area contributed by atoms with Crippen molar-refractivity contribution in [2.24, 2.45) is 5.92 Å². The number of ether oxygens (including phenoxy) is 2. The van der Waals surface area contributed by atoms with Gasteiger partial charge in [0.2, 0.25) is 0 Å². The molecule has 0 unspecified atom stereocenters. The van der Waals surface area contributed by atoms with Crippen molar-refractivity contribution in [3.8, 4) is 11.5 Å². The molecule has 1 N–H and O–H groups in total. The number of hydrogen-bond acceptors (Lipinski definition) is 4. The normalized spacial score (nSPS) is 27.2. The molecule has 3 atom stereocenters. The predicted octanol–water partition coefficient (Wildman–Crippen LogP) is 3.46. The molecule has 0 spiro atoms. The van der Waals surface area contributed by atoms with E-state index in [1.807, 2.05) is 48.5 Å². The Bertz CT molecular complexity index is 837. The molecule has 3 aliphatic rings. The molecule has 0 radical (unpaired) electrons. The molecule has 0 bridgehead atoms. The summed E-state index contributed by atoms with van der Waals surface area (Å²) in [6.07, 6.45) is 3.98. The number of amides is 1. The Balaban J connectivity index is 1.20. The van der Waals surface area contributed by atoms with Crippen molar-refractivity contribution in [3.63, 3.8) is 0 Å². The topological polar surface area (TPSA) is 50.8 Å². The molecule has 5 rings (SSSR count). The quantitative estimate of drug-likeness (QED) is 0.866. The molecule has 5 heteroatoms. The van der Waals surface area contributed by atoms with Crippen molar-refractivity contribution >= 4 is 5.91 Å². The third-order valence-electron chi connectivity index (χ3n) is 6.00. The lowest BCUT2D eigenvalue weighted by Gasteiger charge is -2.35. The minimum atomic E-state index is -0.0389. The highest BCUT2D eigenvalue weighted by molar-refractivity contribution is 5.94. The van der Waals surface area contributed by atoms with Crippen molar-refractivity contribution in [1.29, 1.82) is 0 Å². The van der Waals surface area contributed by atoms with E-state index in [1.54, 1.807) is 6.07 Å². The van der Waals surface area contributed by atoms with Crippen LogP contribution in [0.3, 0.4) is 0 Å². The van der Waals surface area contributed by atoms with Gasteiger partial charge in [0, 0.05) is 30.7 Å². The number of carbonyl (C=O) groups is 1. The fraction of sp³-hybridized carbons (Fsp3) is 0.435. The predicted molar refractivity (Wildman–Crippen MR) is 107 cm³/mol. The van der Waals surface area contributed by atoms with Crippen LogP contribution >= 0.6 is 0 Å². The fourth-order valence-electron chi connectivity index (χ4n) is 4.35. The van der Waals surface area contributed by atoms with E-state index in [2.05, 4.69) is 10.2 Å². The van der Waals surface area contributed by atoms with Crippen molar-refractivity contribution < 1.29 is 14.3 Å². The van der Waals surface area contributed by atoms with Gasteiger partial charge in [-0.1, -0.05) is 24.3 Å². The third kappa shape index (κ3) is 3.91. The maximum Gasteiger partial charge on any atom is 0.251 e. The Hall–Kier alpha value is -2.37. The molecule has 1 aliphatic carbocycles. The number of morpholine rings is 1. The van der Waals surface area contributed by atoms with Gasteiger partial charge in [0.05, 0.1) is 12.7 Å². The Kier molecular flexibility index (Phi) is 4.79. The Morgan fingerprint density at radius 2 is 1.86 bits per heavy atom. The molecular weight excluding hydrogens is 352 g/mol. The minimum absolute atomic E-state index is 0.0389. The van der Waals surface area contributed by atoms with Crippen LogP contribution in [-0.4, -0.2) is 48.7 Å². The molecule has 2 aromatic carbocycles. The van der Waals surface area contributed by atoms with E-state index in [1.165, 1.54) is 12.8 Å². The van der Waals surface area contributed by atoms with Crippen LogP contribution in [0.1, 0.15) is 29.6 Å².